The molecule has 2 aliphatic rings. The fourth-order valence-corrected chi connectivity index (χ4v) is 3.66. The summed E-state index contributed by atoms with van der Waals surface area (Å²) >= 11 is 0. The van der Waals surface area contributed by atoms with E-state index in [0.29, 0.717) is 11.8 Å². The van der Waals surface area contributed by atoms with Gasteiger partial charge in [-0.25, -0.2) is 0 Å². The summed E-state index contributed by atoms with van der Waals surface area (Å²) in [6, 6.07) is 6.43. The van der Waals surface area contributed by atoms with Crippen molar-refractivity contribution in [1.82, 2.24) is 0 Å². The van der Waals surface area contributed by atoms with Gasteiger partial charge in [-0.3, -0.25) is 0 Å². The van der Waals surface area contributed by atoms with Crippen LogP contribution in [0.5, 0.6) is 5.75 Å². The third-order valence-electron chi connectivity index (χ3n) is 4.63. The third kappa shape index (κ3) is 3.56. The van der Waals surface area contributed by atoms with E-state index in [-0.39, 0.29) is 5.60 Å². The van der Waals surface area contributed by atoms with Crippen LogP contribution in [0.1, 0.15) is 78.4 Å². The van der Waals surface area contributed by atoms with Crippen LogP contribution < -0.4 is 4.74 Å². The summed E-state index contributed by atoms with van der Waals surface area (Å²) in [5, 5.41) is 0. The van der Waals surface area contributed by atoms with Gasteiger partial charge in [0, 0.05) is 17.4 Å². The minimum atomic E-state index is -0.0529. The summed E-state index contributed by atoms with van der Waals surface area (Å²) in [7, 11) is 0. The van der Waals surface area contributed by atoms with Crippen molar-refractivity contribution in [3.63, 3.8) is 0 Å². The van der Waals surface area contributed by atoms with Crippen molar-refractivity contribution in [2.75, 3.05) is 0 Å². The zero-order valence-corrected chi connectivity index (χ0v) is 15.8. The van der Waals surface area contributed by atoms with E-state index in [0.717, 1.165) is 5.75 Å². The van der Waals surface area contributed by atoms with E-state index in [4.69, 9.17) is 4.74 Å². The molecule has 22 heavy (non-hydrogen) atoms. The second kappa shape index (κ2) is 7.85. The molecule has 2 atom stereocenters. The first kappa shape index (κ1) is 18.8. The molecule has 3 rings (SSSR count). The molecular weight excluding hydrogens is 268 g/mol. The number of benzene rings is 1. The molecule has 124 valence electrons. The minimum absolute atomic E-state index is 0.0529. The monoisotopic (exact) mass is 302 g/mol. The molecular formula is C21H34O. The Labute approximate surface area is 137 Å². The predicted molar refractivity (Wildman–Crippen MR) is 97.8 cm³/mol. The highest BCUT2D eigenvalue weighted by Gasteiger charge is 2.44. The Hall–Kier alpha value is -1.24. The highest BCUT2D eigenvalue weighted by atomic mass is 16.5. The van der Waals surface area contributed by atoms with Crippen LogP contribution in [0, 0.1) is 12.8 Å². The van der Waals surface area contributed by atoms with Gasteiger partial charge in [-0.05, 0) is 52.2 Å². The number of hydrogen-bond donors (Lipinski definition) is 0. The van der Waals surface area contributed by atoms with Crippen LogP contribution in [-0.2, 0) is 0 Å². The number of fused-ring (bicyclic) bond motifs is 3. The van der Waals surface area contributed by atoms with Gasteiger partial charge in [-0.15, -0.1) is 0 Å². The molecule has 0 N–H and O–H groups in total. The molecule has 1 unspecified atom stereocenters. The van der Waals surface area contributed by atoms with Crippen LogP contribution in [0.25, 0.3) is 0 Å². The van der Waals surface area contributed by atoms with Gasteiger partial charge in [0.05, 0.1) is 0 Å². The largest absolute Gasteiger partial charge is 0.487 e. The number of ether oxygens (including phenoxy) is 1. The summed E-state index contributed by atoms with van der Waals surface area (Å²) in [5.41, 5.74) is 4.26. The molecule has 0 spiro atoms. The Kier molecular flexibility index (Phi) is 6.71. The smallest absolute Gasteiger partial charge is 0.124 e. The molecule has 1 aromatic carbocycles. The van der Waals surface area contributed by atoms with Crippen LogP contribution in [0.3, 0.4) is 0 Å². The van der Waals surface area contributed by atoms with E-state index in [9.17, 15) is 0 Å². The summed E-state index contributed by atoms with van der Waals surface area (Å²) in [4.78, 5) is 0. The third-order valence-corrected chi connectivity index (χ3v) is 4.63. The number of hydrogen-bond acceptors (Lipinski definition) is 1. The van der Waals surface area contributed by atoms with E-state index < -0.39 is 0 Å². The lowest BCUT2D eigenvalue weighted by molar-refractivity contribution is 0.0114. The Morgan fingerprint density at radius 2 is 1.68 bits per heavy atom. The van der Waals surface area contributed by atoms with Crippen molar-refractivity contribution in [2.24, 2.45) is 5.92 Å². The molecule has 0 radical (unpaired) electrons. The lowest BCUT2D eigenvalue weighted by Gasteiger charge is -2.46. The van der Waals surface area contributed by atoms with Crippen molar-refractivity contribution < 1.29 is 4.74 Å². The summed E-state index contributed by atoms with van der Waals surface area (Å²) in [6.45, 7) is 16.9. The van der Waals surface area contributed by atoms with Gasteiger partial charge in [0.1, 0.15) is 11.4 Å². The van der Waals surface area contributed by atoms with E-state index in [1.807, 2.05) is 27.7 Å². The maximum Gasteiger partial charge on any atom is 0.124 e. The Bertz CT molecular complexity index is 511. The van der Waals surface area contributed by atoms with Crippen LogP contribution in [0.15, 0.2) is 29.8 Å². The lowest BCUT2D eigenvalue weighted by Crippen LogP contribution is -2.45. The van der Waals surface area contributed by atoms with E-state index in [1.165, 1.54) is 29.5 Å². The SMILES string of the molecule is CC.CC.CC1=CC2c3c(C)cccc3OC(C)(C)[C@@H]2CC1. The van der Waals surface area contributed by atoms with Gasteiger partial charge >= 0.3 is 0 Å². The number of allylic oxidation sites excluding steroid dienone is 2. The molecule has 0 aromatic heterocycles. The second-order valence-corrected chi connectivity index (χ2v) is 6.38. The standard InChI is InChI=1S/C17H22O.2C2H6/c1-11-8-9-14-13(10-11)16-12(2)6-5-7-15(16)18-17(14,3)4;2*1-2/h5-7,10,13-14H,8-9H2,1-4H3;2*1-2H3/t13?,14-;;/m1../s1. The topological polar surface area (TPSA) is 9.23 Å². The van der Waals surface area contributed by atoms with Gasteiger partial charge in [-0.1, -0.05) is 51.5 Å². The Morgan fingerprint density at radius 1 is 1.05 bits per heavy atom. The van der Waals surface area contributed by atoms with E-state index in [2.05, 4.69) is 52.0 Å². The molecule has 0 bridgehead atoms. The quantitative estimate of drug-likeness (QED) is 0.487. The van der Waals surface area contributed by atoms with Crippen molar-refractivity contribution in [3.05, 3.63) is 41.0 Å². The van der Waals surface area contributed by atoms with E-state index >= 15 is 0 Å². The first-order valence-electron chi connectivity index (χ1n) is 8.95. The van der Waals surface area contributed by atoms with Crippen molar-refractivity contribution in [3.8, 4) is 5.75 Å². The molecule has 1 aliphatic carbocycles. The average Bonchev–Trinajstić information content (AvgIpc) is 2.50. The van der Waals surface area contributed by atoms with Crippen LogP contribution >= 0.6 is 0 Å². The van der Waals surface area contributed by atoms with E-state index in [1.54, 1.807) is 0 Å². The minimum Gasteiger partial charge on any atom is -0.487 e. The van der Waals surface area contributed by atoms with Crippen LogP contribution in [0.2, 0.25) is 0 Å². The first-order chi connectivity index (χ1) is 10.5. The maximum absolute atomic E-state index is 6.28. The highest BCUT2D eigenvalue weighted by Crippen LogP contribution is 2.51. The van der Waals surface area contributed by atoms with Gasteiger partial charge in [0.25, 0.3) is 0 Å². The zero-order valence-electron chi connectivity index (χ0n) is 15.8. The molecule has 1 nitrogen and oxygen atoms in total. The van der Waals surface area contributed by atoms with Crippen molar-refractivity contribution >= 4 is 0 Å². The Morgan fingerprint density at radius 3 is 2.32 bits per heavy atom. The molecule has 0 amide bonds. The molecule has 1 heterocycles. The normalized spacial score (nSPS) is 24.1. The number of rotatable bonds is 0. The van der Waals surface area contributed by atoms with Gasteiger partial charge in [-0.2, -0.15) is 0 Å². The van der Waals surface area contributed by atoms with Crippen LogP contribution in [0.4, 0.5) is 0 Å². The molecule has 1 aromatic rings. The average molecular weight is 303 g/mol. The molecule has 0 saturated carbocycles. The predicted octanol–water partition coefficient (Wildman–Crippen LogP) is 6.66. The van der Waals surface area contributed by atoms with Gasteiger partial charge < -0.3 is 4.74 Å². The summed E-state index contributed by atoms with van der Waals surface area (Å²) in [5.74, 6) is 2.24. The fourth-order valence-electron chi connectivity index (χ4n) is 3.66. The second-order valence-electron chi connectivity index (χ2n) is 6.38. The molecule has 1 heteroatoms. The molecule has 1 aliphatic heterocycles. The molecule has 0 saturated heterocycles. The first-order valence-corrected chi connectivity index (χ1v) is 8.95. The molecule has 0 fully saturated rings. The number of aryl methyl sites for hydroxylation is 1. The summed E-state index contributed by atoms with van der Waals surface area (Å²) < 4.78 is 6.28. The van der Waals surface area contributed by atoms with Crippen molar-refractivity contribution in [1.29, 1.82) is 0 Å². The lowest BCUT2D eigenvalue weighted by atomic mass is 9.67. The van der Waals surface area contributed by atoms with Gasteiger partial charge in [0.2, 0.25) is 0 Å². The fraction of sp³-hybridized carbons (Fsp3) is 0.619. The van der Waals surface area contributed by atoms with Gasteiger partial charge in [0.15, 0.2) is 0 Å². The zero-order chi connectivity index (χ0) is 16.9. The Balaban J connectivity index is 0.000000561. The maximum atomic E-state index is 6.28. The van der Waals surface area contributed by atoms with Crippen molar-refractivity contribution in [2.45, 2.75) is 79.8 Å². The highest BCUT2D eigenvalue weighted by molar-refractivity contribution is 5.48. The summed E-state index contributed by atoms with van der Waals surface area (Å²) in [6.07, 6.45) is 4.94. The van der Waals surface area contributed by atoms with Crippen LogP contribution in [-0.4, -0.2) is 5.60 Å².